The Balaban J connectivity index is 1.67. The highest BCUT2D eigenvalue weighted by molar-refractivity contribution is 7.09. The summed E-state index contributed by atoms with van der Waals surface area (Å²) in [5, 5.41) is 0. The second kappa shape index (κ2) is 6.33. The van der Waals surface area contributed by atoms with Gasteiger partial charge in [0.2, 0.25) is 0 Å². The minimum atomic E-state index is 0.736. The molecule has 1 aromatic rings. The minimum absolute atomic E-state index is 0.736. The van der Waals surface area contributed by atoms with Gasteiger partial charge in [-0.25, -0.2) is 0 Å². The lowest BCUT2D eigenvalue weighted by Crippen LogP contribution is -2.21. The molecule has 1 aromatic heterocycles. The molecule has 0 bridgehead atoms. The molecule has 0 unspecified atom stereocenters. The SMILES string of the molecule is CCCOC[C@H]1CCN(Cc2cncs2)C1. The first-order chi connectivity index (χ1) is 7.88. The molecule has 0 spiro atoms. The van der Waals surface area contributed by atoms with Crippen LogP contribution in [0.2, 0.25) is 0 Å². The van der Waals surface area contributed by atoms with Gasteiger partial charge in [0.1, 0.15) is 0 Å². The number of hydrogen-bond donors (Lipinski definition) is 0. The highest BCUT2D eigenvalue weighted by Gasteiger charge is 2.22. The minimum Gasteiger partial charge on any atom is -0.381 e. The van der Waals surface area contributed by atoms with Crippen molar-refractivity contribution in [2.45, 2.75) is 26.3 Å². The van der Waals surface area contributed by atoms with Crippen LogP contribution < -0.4 is 0 Å². The molecule has 4 heteroatoms. The van der Waals surface area contributed by atoms with E-state index in [-0.39, 0.29) is 0 Å². The van der Waals surface area contributed by atoms with Crippen molar-refractivity contribution < 1.29 is 4.74 Å². The van der Waals surface area contributed by atoms with Gasteiger partial charge in [-0.05, 0) is 25.3 Å². The van der Waals surface area contributed by atoms with E-state index in [9.17, 15) is 0 Å². The highest BCUT2D eigenvalue weighted by Crippen LogP contribution is 2.20. The van der Waals surface area contributed by atoms with E-state index < -0.39 is 0 Å². The number of thiazole rings is 1. The summed E-state index contributed by atoms with van der Waals surface area (Å²) in [5.74, 6) is 0.736. The Morgan fingerprint density at radius 3 is 3.31 bits per heavy atom. The summed E-state index contributed by atoms with van der Waals surface area (Å²) < 4.78 is 5.61. The maximum atomic E-state index is 5.61. The van der Waals surface area contributed by atoms with Crippen molar-refractivity contribution in [2.75, 3.05) is 26.3 Å². The molecule has 1 aliphatic rings. The maximum Gasteiger partial charge on any atom is 0.0794 e. The molecule has 1 fully saturated rings. The van der Waals surface area contributed by atoms with Crippen LogP contribution in [-0.4, -0.2) is 36.2 Å². The molecular formula is C12H20N2OS. The van der Waals surface area contributed by atoms with Crippen molar-refractivity contribution in [3.8, 4) is 0 Å². The maximum absolute atomic E-state index is 5.61. The average molecular weight is 240 g/mol. The lowest BCUT2D eigenvalue weighted by atomic mass is 10.1. The molecule has 16 heavy (non-hydrogen) atoms. The summed E-state index contributed by atoms with van der Waals surface area (Å²) in [6.45, 7) is 7.46. The Bertz CT molecular complexity index is 289. The van der Waals surface area contributed by atoms with E-state index in [1.165, 1.54) is 24.4 Å². The second-order valence-electron chi connectivity index (χ2n) is 4.43. The fourth-order valence-electron chi connectivity index (χ4n) is 2.13. The Labute approximate surface area is 101 Å². The van der Waals surface area contributed by atoms with Gasteiger partial charge in [-0.15, -0.1) is 11.3 Å². The first kappa shape index (κ1) is 12.0. The first-order valence-corrected chi connectivity index (χ1v) is 6.94. The summed E-state index contributed by atoms with van der Waals surface area (Å²) in [7, 11) is 0. The van der Waals surface area contributed by atoms with Crippen LogP contribution in [0.4, 0.5) is 0 Å². The van der Waals surface area contributed by atoms with Gasteiger partial charge in [0.15, 0.2) is 0 Å². The fourth-order valence-corrected chi connectivity index (χ4v) is 2.76. The van der Waals surface area contributed by atoms with Crippen LogP contribution in [0.5, 0.6) is 0 Å². The fraction of sp³-hybridized carbons (Fsp3) is 0.750. The largest absolute Gasteiger partial charge is 0.381 e. The molecular weight excluding hydrogens is 220 g/mol. The monoisotopic (exact) mass is 240 g/mol. The van der Waals surface area contributed by atoms with Gasteiger partial charge in [-0.2, -0.15) is 0 Å². The van der Waals surface area contributed by atoms with E-state index in [4.69, 9.17) is 4.74 Å². The Morgan fingerprint density at radius 1 is 1.62 bits per heavy atom. The predicted octanol–water partition coefficient (Wildman–Crippen LogP) is 2.39. The van der Waals surface area contributed by atoms with Crippen LogP contribution in [0, 0.1) is 5.92 Å². The summed E-state index contributed by atoms with van der Waals surface area (Å²) in [6, 6.07) is 0. The average Bonchev–Trinajstić information content (AvgIpc) is 2.91. The van der Waals surface area contributed by atoms with E-state index in [1.807, 2.05) is 11.7 Å². The van der Waals surface area contributed by atoms with Crippen LogP contribution >= 0.6 is 11.3 Å². The third-order valence-electron chi connectivity index (χ3n) is 2.93. The third-order valence-corrected chi connectivity index (χ3v) is 3.70. The van der Waals surface area contributed by atoms with Crippen molar-refractivity contribution in [1.82, 2.24) is 9.88 Å². The van der Waals surface area contributed by atoms with Crippen molar-refractivity contribution in [3.63, 3.8) is 0 Å². The third kappa shape index (κ3) is 3.54. The van der Waals surface area contributed by atoms with Crippen LogP contribution in [0.1, 0.15) is 24.6 Å². The summed E-state index contributed by atoms with van der Waals surface area (Å²) in [6.07, 6.45) is 4.38. The van der Waals surface area contributed by atoms with Gasteiger partial charge < -0.3 is 4.74 Å². The number of ether oxygens (including phenoxy) is 1. The molecule has 0 amide bonds. The van der Waals surface area contributed by atoms with E-state index >= 15 is 0 Å². The zero-order valence-corrected chi connectivity index (χ0v) is 10.7. The number of hydrogen-bond acceptors (Lipinski definition) is 4. The van der Waals surface area contributed by atoms with Crippen LogP contribution in [0.25, 0.3) is 0 Å². The van der Waals surface area contributed by atoms with Crippen molar-refractivity contribution in [2.24, 2.45) is 5.92 Å². The number of aromatic nitrogens is 1. The molecule has 2 rings (SSSR count). The molecule has 2 heterocycles. The van der Waals surface area contributed by atoms with Gasteiger partial charge in [-0.3, -0.25) is 9.88 Å². The molecule has 0 radical (unpaired) electrons. The number of rotatable bonds is 6. The van der Waals surface area contributed by atoms with Gasteiger partial charge in [-0.1, -0.05) is 6.92 Å². The second-order valence-corrected chi connectivity index (χ2v) is 5.40. The van der Waals surface area contributed by atoms with Crippen LogP contribution in [0.15, 0.2) is 11.7 Å². The standard InChI is InChI=1S/C12H20N2OS/c1-2-5-15-9-11-3-4-14(7-11)8-12-6-13-10-16-12/h6,10-11H,2-5,7-9H2,1H3/t11-/m0/s1. The molecule has 1 aliphatic heterocycles. The first-order valence-electron chi connectivity index (χ1n) is 6.06. The lowest BCUT2D eigenvalue weighted by molar-refractivity contribution is 0.101. The molecule has 90 valence electrons. The Morgan fingerprint density at radius 2 is 2.56 bits per heavy atom. The summed E-state index contributed by atoms with van der Waals surface area (Å²) in [5.41, 5.74) is 1.91. The van der Waals surface area contributed by atoms with Crippen molar-refractivity contribution >= 4 is 11.3 Å². The van der Waals surface area contributed by atoms with Gasteiger partial charge in [0.25, 0.3) is 0 Å². The van der Waals surface area contributed by atoms with E-state index in [1.54, 1.807) is 11.3 Å². The van der Waals surface area contributed by atoms with Crippen LogP contribution in [0.3, 0.4) is 0 Å². The van der Waals surface area contributed by atoms with E-state index in [0.29, 0.717) is 0 Å². The Kier molecular flexibility index (Phi) is 4.75. The summed E-state index contributed by atoms with van der Waals surface area (Å²) >= 11 is 1.75. The predicted molar refractivity (Wildman–Crippen MR) is 66.6 cm³/mol. The molecule has 1 saturated heterocycles. The smallest absolute Gasteiger partial charge is 0.0794 e. The van der Waals surface area contributed by atoms with Crippen molar-refractivity contribution in [1.29, 1.82) is 0 Å². The lowest BCUT2D eigenvalue weighted by Gasteiger charge is -2.14. The number of likely N-dealkylation sites (tertiary alicyclic amines) is 1. The van der Waals surface area contributed by atoms with Gasteiger partial charge >= 0.3 is 0 Å². The van der Waals surface area contributed by atoms with E-state index in [2.05, 4.69) is 16.8 Å². The molecule has 0 N–H and O–H groups in total. The molecule has 1 atom stereocenters. The number of nitrogens with zero attached hydrogens (tertiary/aromatic N) is 2. The highest BCUT2D eigenvalue weighted by atomic mass is 32.1. The normalized spacial score (nSPS) is 21.7. The van der Waals surface area contributed by atoms with Crippen molar-refractivity contribution in [3.05, 3.63) is 16.6 Å². The Hall–Kier alpha value is -0.450. The van der Waals surface area contributed by atoms with Gasteiger partial charge in [0, 0.05) is 30.8 Å². The molecule has 0 saturated carbocycles. The summed E-state index contributed by atoms with van der Waals surface area (Å²) in [4.78, 5) is 7.99. The van der Waals surface area contributed by atoms with E-state index in [0.717, 1.165) is 32.1 Å². The van der Waals surface area contributed by atoms with Gasteiger partial charge in [0.05, 0.1) is 12.1 Å². The zero-order chi connectivity index (χ0) is 11.2. The topological polar surface area (TPSA) is 25.4 Å². The zero-order valence-electron chi connectivity index (χ0n) is 9.89. The molecule has 0 aliphatic carbocycles. The molecule has 3 nitrogen and oxygen atoms in total. The molecule has 0 aromatic carbocycles. The van der Waals surface area contributed by atoms with Crippen LogP contribution in [-0.2, 0) is 11.3 Å². The quantitative estimate of drug-likeness (QED) is 0.714.